The first-order valence-electron chi connectivity index (χ1n) is 4.92. The van der Waals surface area contributed by atoms with Crippen molar-refractivity contribution in [2.45, 2.75) is 13.8 Å². The van der Waals surface area contributed by atoms with Crippen LogP contribution in [0.4, 0.5) is 5.13 Å². The van der Waals surface area contributed by atoms with E-state index < -0.39 is 0 Å². The lowest BCUT2D eigenvalue weighted by Crippen LogP contribution is -2.07. The van der Waals surface area contributed by atoms with Crippen molar-refractivity contribution in [3.63, 3.8) is 0 Å². The Morgan fingerprint density at radius 3 is 3.13 bits per heavy atom. The van der Waals surface area contributed by atoms with E-state index in [9.17, 15) is 0 Å². The summed E-state index contributed by atoms with van der Waals surface area (Å²) in [5.41, 5.74) is 0.774. The molecule has 1 N–H and O–H groups in total. The van der Waals surface area contributed by atoms with Gasteiger partial charge < -0.3 is 9.73 Å². The molecule has 0 bridgehead atoms. The van der Waals surface area contributed by atoms with Crippen molar-refractivity contribution in [1.29, 1.82) is 0 Å². The zero-order valence-electron chi connectivity index (χ0n) is 8.78. The molecule has 2 heterocycles. The van der Waals surface area contributed by atoms with E-state index >= 15 is 0 Å². The third-order valence-corrected chi connectivity index (χ3v) is 2.60. The van der Waals surface area contributed by atoms with Gasteiger partial charge in [-0.25, -0.2) is 4.98 Å². The summed E-state index contributed by atoms with van der Waals surface area (Å²) in [5, 5.41) is 7.27. The first-order valence-corrected chi connectivity index (χ1v) is 5.73. The molecule has 0 aliphatic carbocycles. The molecule has 0 spiro atoms. The van der Waals surface area contributed by atoms with E-state index in [1.165, 1.54) is 11.3 Å². The Bertz CT molecular complexity index is 406. The fourth-order valence-corrected chi connectivity index (χ4v) is 1.76. The van der Waals surface area contributed by atoms with E-state index in [0.29, 0.717) is 5.92 Å². The molecule has 3 nitrogen and oxygen atoms in total. The van der Waals surface area contributed by atoms with Crippen molar-refractivity contribution >= 4 is 16.5 Å². The Kier molecular flexibility index (Phi) is 3.06. The van der Waals surface area contributed by atoms with Gasteiger partial charge in [0.2, 0.25) is 0 Å². The van der Waals surface area contributed by atoms with Gasteiger partial charge in [0, 0.05) is 6.54 Å². The summed E-state index contributed by atoms with van der Waals surface area (Å²) in [4.78, 5) is 4.38. The summed E-state index contributed by atoms with van der Waals surface area (Å²) in [5.74, 6) is 1.38. The number of nitrogens with one attached hydrogen (secondary N) is 1. The molecular weight excluding hydrogens is 208 g/mol. The maximum atomic E-state index is 5.24. The maximum Gasteiger partial charge on any atom is 0.183 e. The van der Waals surface area contributed by atoms with Gasteiger partial charge in [-0.3, -0.25) is 0 Å². The van der Waals surface area contributed by atoms with Crippen LogP contribution in [-0.2, 0) is 0 Å². The van der Waals surface area contributed by atoms with Crippen LogP contribution in [0.25, 0.3) is 11.5 Å². The molecule has 0 unspecified atom stereocenters. The molecule has 4 heteroatoms. The average Bonchev–Trinajstić information content (AvgIpc) is 2.85. The van der Waals surface area contributed by atoms with Crippen LogP contribution in [0.15, 0.2) is 22.8 Å². The second-order valence-electron chi connectivity index (χ2n) is 3.72. The minimum absolute atomic E-state index is 0.612. The van der Waals surface area contributed by atoms with Gasteiger partial charge in [-0.15, -0.1) is 0 Å². The van der Waals surface area contributed by atoms with E-state index in [1.807, 2.05) is 12.1 Å². The fraction of sp³-hybridized carbons (Fsp3) is 0.364. The number of hydrogen-bond donors (Lipinski definition) is 1. The maximum absolute atomic E-state index is 5.24. The zero-order chi connectivity index (χ0) is 10.7. The topological polar surface area (TPSA) is 38.1 Å². The van der Waals surface area contributed by atoms with Gasteiger partial charge >= 0.3 is 0 Å². The van der Waals surface area contributed by atoms with Crippen LogP contribution in [-0.4, -0.2) is 11.5 Å². The number of aromatic nitrogens is 1. The van der Waals surface area contributed by atoms with Crippen LogP contribution in [0.5, 0.6) is 0 Å². The van der Waals surface area contributed by atoms with Crippen molar-refractivity contribution in [3.8, 4) is 11.5 Å². The summed E-state index contributed by atoms with van der Waals surface area (Å²) >= 11 is 1.48. The minimum Gasteiger partial charge on any atom is -0.463 e. The number of hydrogen-bond acceptors (Lipinski definition) is 4. The molecule has 0 saturated heterocycles. The molecule has 0 atom stereocenters. The van der Waals surface area contributed by atoms with Crippen molar-refractivity contribution in [2.24, 2.45) is 5.92 Å². The Labute approximate surface area is 93.2 Å². The SMILES string of the molecule is CC(C)CNc1nc(-c2ccco2)[c]s1. The predicted octanol–water partition coefficient (Wildman–Crippen LogP) is 3.27. The van der Waals surface area contributed by atoms with Crippen molar-refractivity contribution in [3.05, 3.63) is 23.8 Å². The Balaban J connectivity index is 2.04. The molecule has 2 rings (SSSR count). The van der Waals surface area contributed by atoms with Crippen LogP contribution in [0.2, 0.25) is 0 Å². The summed E-state index contributed by atoms with van der Waals surface area (Å²) in [6.45, 7) is 5.26. The highest BCUT2D eigenvalue weighted by atomic mass is 32.1. The number of thiazole rings is 1. The molecule has 2 aromatic heterocycles. The van der Waals surface area contributed by atoms with E-state index in [0.717, 1.165) is 23.1 Å². The van der Waals surface area contributed by atoms with Crippen molar-refractivity contribution < 1.29 is 4.42 Å². The summed E-state index contributed by atoms with van der Waals surface area (Å²) < 4.78 is 5.24. The molecule has 0 aromatic carbocycles. The Morgan fingerprint density at radius 1 is 1.60 bits per heavy atom. The second-order valence-corrected chi connectivity index (χ2v) is 4.52. The molecule has 79 valence electrons. The first kappa shape index (κ1) is 10.2. The van der Waals surface area contributed by atoms with Crippen LogP contribution >= 0.6 is 11.3 Å². The molecule has 0 amide bonds. The molecule has 0 fully saturated rings. The lowest BCUT2D eigenvalue weighted by Gasteiger charge is -2.04. The Hall–Kier alpha value is -1.29. The lowest BCUT2D eigenvalue weighted by molar-refractivity contribution is 0.580. The van der Waals surface area contributed by atoms with Gasteiger partial charge in [-0.1, -0.05) is 25.2 Å². The molecule has 1 radical (unpaired) electrons. The zero-order valence-corrected chi connectivity index (χ0v) is 9.60. The number of nitrogens with zero attached hydrogens (tertiary/aromatic N) is 1. The highest BCUT2D eigenvalue weighted by Crippen LogP contribution is 2.24. The van der Waals surface area contributed by atoms with Crippen LogP contribution in [0, 0.1) is 11.3 Å². The monoisotopic (exact) mass is 221 g/mol. The molecule has 0 aliphatic rings. The van der Waals surface area contributed by atoms with Gasteiger partial charge in [0.25, 0.3) is 0 Å². The summed E-state index contributed by atoms with van der Waals surface area (Å²) in [6, 6.07) is 3.74. The summed E-state index contributed by atoms with van der Waals surface area (Å²) in [7, 11) is 0. The van der Waals surface area contributed by atoms with Crippen LogP contribution in [0.1, 0.15) is 13.8 Å². The van der Waals surface area contributed by atoms with Gasteiger partial charge in [-0.05, 0) is 18.1 Å². The fourth-order valence-electron chi connectivity index (χ4n) is 1.13. The van der Waals surface area contributed by atoms with Crippen LogP contribution < -0.4 is 5.32 Å². The molecule has 0 saturated carbocycles. The number of rotatable bonds is 4. The third kappa shape index (κ3) is 2.59. The van der Waals surface area contributed by atoms with Crippen LogP contribution in [0.3, 0.4) is 0 Å². The van der Waals surface area contributed by atoms with Gasteiger partial charge in [-0.2, -0.15) is 0 Å². The molecule has 2 aromatic rings. The smallest absolute Gasteiger partial charge is 0.183 e. The normalized spacial score (nSPS) is 10.9. The average molecular weight is 221 g/mol. The predicted molar refractivity (Wildman–Crippen MR) is 62.0 cm³/mol. The van der Waals surface area contributed by atoms with Gasteiger partial charge in [0.05, 0.1) is 11.6 Å². The largest absolute Gasteiger partial charge is 0.463 e. The number of anilines is 1. The Morgan fingerprint density at radius 2 is 2.47 bits per heavy atom. The highest BCUT2D eigenvalue weighted by Gasteiger charge is 2.07. The van der Waals surface area contributed by atoms with E-state index in [4.69, 9.17) is 4.42 Å². The highest BCUT2D eigenvalue weighted by molar-refractivity contribution is 7.13. The van der Waals surface area contributed by atoms with Gasteiger partial charge in [0.1, 0.15) is 5.69 Å². The van der Waals surface area contributed by atoms with Gasteiger partial charge in [0.15, 0.2) is 10.9 Å². The minimum atomic E-state index is 0.612. The van der Waals surface area contributed by atoms with E-state index in [2.05, 4.69) is 29.5 Å². The van der Waals surface area contributed by atoms with Crippen molar-refractivity contribution in [2.75, 3.05) is 11.9 Å². The lowest BCUT2D eigenvalue weighted by atomic mass is 10.2. The molecule has 15 heavy (non-hydrogen) atoms. The number of furan rings is 1. The quantitative estimate of drug-likeness (QED) is 0.861. The van der Waals surface area contributed by atoms with Crippen molar-refractivity contribution in [1.82, 2.24) is 4.98 Å². The first-order chi connectivity index (χ1) is 7.25. The standard InChI is InChI=1S/C11H13N2OS/c1-8(2)6-12-11-13-9(7-15-11)10-4-3-5-14-10/h3-5,8H,6H2,1-2H3,(H,12,13). The molecular formula is C11H13N2OS. The molecule has 0 aliphatic heterocycles. The second kappa shape index (κ2) is 4.49. The van der Waals surface area contributed by atoms with E-state index in [-0.39, 0.29) is 0 Å². The summed E-state index contributed by atoms with van der Waals surface area (Å²) in [6.07, 6.45) is 1.64. The van der Waals surface area contributed by atoms with E-state index in [1.54, 1.807) is 6.26 Å². The third-order valence-electron chi connectivity index (χ3n) is 1.87.